The fraction of sp³-hybridized carbons (Fsp3) is 0.222. The Morgan fingerprint density at radius 1 is 1.05 bits per heavy atom. The number of nitrogens with one attached hydrogen (secondary N) is 2. The Labute approximate surface area is 136 Å². The number of amides is 1. The molecule has 2 N–H and O–H groups in total. The Hall–Kier alpha value is -2.20. The number of thiocarbonyl (C=S) groups is 1. The summed E-state index contributed by atoms with van der Waals surface area (Å²) in [6, 6.07) is 15.9. The molecular weight excluding hydrogens is 292 g/mol. The van der Waals surface area contributed by atoms with Crippen LogP contribution in [0.4, 0.5) is 5.69 Å². The SMILES string of the molecule is Cc1ccc(NC(=O)C(=S)NCCc2ccccc2)cc1C. The molecule has 2 aromatic carbocycles. The lowest BCUT2D eigenvalue weighted by Gasteiger charge is -2.10. The van der Waals surface area contributed by atoms with Gasteiger partial charge in [0.1, 0.15) is 0 Å². The van der Waals surface area contributed by atoms with Crippen molar-refractivity contribution in [3.63, 3.8) is 0 Å². The van der Waals surface area contributed by atoms with E-state index in [1.54, 1.807) is 0 Å². The van der Waals surface area contributed by atoms with Crippen molar-refractivity contribution in [2.75, 3.05) is 11.9 Å². The van der Waals surface area contributed by atoms with Crippen molar-refractivity contribution in [3.8, 4) is 0 Å². The molecule has 0 saturated carbocycles. The minimum atomic E-state index is -0.272. The van der Waals surface area contributed by atoms with Crippen LogP contribution < -0.4 is 10.6 Å². The van der Waals surface area contributed by atoms with E-state index < -0.39 is 0 Å². The van der Waals surface area contributed by atoms with Crippen LogP contribution in [0.1, 0.15) is 16.7 Å². The first-order valence-corrected chi connectivity index (χ1v) is 7.67. The Morgan fingerprint density at radius 3 is 2.45 bits per heavy atom. The molecule has 22 heavy (non-hydrogen) atoms. The topological polar surface area (TPSA) is 41.1 Å². The predicted molar refractivity (Wildman–Crippen MR) is 95.3 cm³/mol. The molecule has 0 unspecified atom stereocenters. The van der Waals surface area contributed by atoms with Crippen molar-refractivity contribution in [2.45, 2.75) is 20.3 Å². The maximum atomic E-state index is 12.0. The third kappa shape index (κ3) is 4.67. The molecular formula is C18H20N2OS. The number of aryl methyl sites for hydroxylation is 2. The molecule has 0 atom stereocenters. The van der Waals surface area contributed by atoms with Gasteiger partial charge in [-0.3, -0.25) is 4.79 Å². The molecule has 2 aromatic rings. The highest BCUT2D eigenvalue weighted by Gasteiger charge is 2.09. The van der Waals surface area contributed by atoms with Gasteiger partial charge in [-0.25, -0.2) is 0 Å². The van der Waals surface area contributed by atoms with Gasteiger partial charge < -0.3 is 10.6 Å². The second-order valence-corrected chi connectivity index (χ2v) is 5.65. The van der Waals surface area contributed by atoms with Gasteiger partial charge in [0.05, 0.1) is 0 Å². The van der Waals surface area contributed by atoms with Crippen LogP contribution in [0.15, 0.2) is 48.5 Å². The lowest BCUT2D eigenvalue weighted by Crippen LogP contribution is -2.35. The fourth-order valence-electron chi connectivity index (χ4n) is 2.05. The zero-order valence-electron chi connectivity index (χ0n) is 12.8. The van der Waals surface area contributed by atoms with E-state index in [0.717, 1.165) is 17.7 Å². The summed E-state index contributed by atoms with van der Waals surface area (Å²) < 4.78 is 0. The van der Waals surface area contributed by atoms with Crippen LogP contribution in [-0.4, -0.2) is 17.4 Å². The Bertz CT molecular complexity index is 668. The standard InChI is InChI=1S/C18H20N2OS/c1-13-8-9-16(12-14(13)2)20-17(21)18(22)19-11-10-15-6-4-3-5-7-15/h3-9,12H,10-11H2,1-2H3,(H,19,22)(H,20,21). The monoisotopic (exact) mass is 312 g/mol. The van der Waals surface area contributed by atoms with Crippen LogP contribution in [0, 0.1) is 13.8 Å². The van der Waals surface area contributed by atoms with Crippen LogP contribution in [0.25, 0.3) is 0 Å². The van der Waals surface area contributed by atoms with Gasteiger partial charge in [-0.05, 0) is 49.1 Å². The molecule has 3 nitrogen and oxygen atoms in total. The van der Waals surface area contributed by atoms with E-state index >= 15 is 0 Å². The molecule has 0 aliphatic rings. The van der Waals surface area contributed by atoms with Crippen LogP contribution in [0.3, 0.4) is 0 Å². The smallest absolute Gasteiger partial charge is 0.283 e. The van der Waals surface area contributed by atoms with Gasteiger partial charge in [-0.1, -0.05) is 48.6 Å². The summed E-state index contributed by atoms with van der Waals surface area (Å²) in [6.07, 6.45) is 0.831. The third-order valence-electron chi connectivity index (χ3n) is 3.51. The van der Waals surface area contributed by atoms with Gasteiger partial charge >= 0.3 is 0 Å². The van der Waals surface area contributed by atoms with Gasteiger partial charge in [0.25, 0.3) is 5.91 Å². The van der Waals surface area contributed by atoms with Crippen molar-refractivity contribution < 1.29 is 4.79 Å². The number of hydrogen-bond donors (Lipinski definition) is 2. The second kappa shape index (κ2) is 7.71. The van der Waals surface area contributed by atoms with E-state index in [-0.39, 0.29) is 10.9 Å². The summed E-state index contributed by atoms with van der Waals surface area (Å²) in [5, 5.41) is 5.81. The van der Waals surface area contributed by atoms with Crippen LogP contribution in [0.2, 0.25) is 0 Å². The highest BCUT2D eigenvalue weighted by molar-refractivity contribution is 7.82. The average molecular weight is 312 g/mol. The fourth-order valence-corrected chi connectivity index (χ4v) is 2.21. The van der Waals surface area contributed by atoms with Gasteiger partial charge in [0.15, 0.2) is 4.99 Å². The quantitative estimate of drug-likeness (QED) is 0.850. The van der Waals surface area contributed by atoms with Crippen LogP contribution in [0.5, 0.6) is 0 Å². The number of hydrogen-bond acceptors (Lipinski definition) is 2. The summed E-state index contributed by atoms with van der Waals surface area (Å²) in [7, 11) is 0. The molecule has 0 bridgehead atoms. The second-order valence-electron chi connectivity index (χ2n) is 5.24. The van der Waals surface area contributed by atoms with Gasteiger partial charge in [-0.15, -0.1) is 0 Å². The summed E-state index contributed by atoms with van der Waals surface area (Å²) in [4.78, 5) is 12.3. The number of rotatable bonds is 4. The Balaban J connectivity index is 1.82. The van der Waals surface area contributed by atoms with E-state index in [1.807, 2.05) is 50.2 Å². The number of benzene rings is 2. The molecule has 0 radical (unpaired) electrons. The molecule has 0 heterocycles. The molecule has 0 saturated heterocycles. The van der Waals surface area contributed by atoms with Crippen molar-refractivity contribution in [1.29, 1.82) is 0 Å². The van der Waals surface area contributed by atoms with E-state index in [0.29, 0.717) is 6.54 Å². The van der Waals surface area contributed by atoms with Crippen LogP contribution in [-0.2, 0) is 11.2 Å². The van der Waals surface area contributed by atoms with E-state index in [4.69, 9.17) is 12.2 Å². The Morgan fingerprint density at radius 2 is 1.77 bits per heavy atom. The van der Waals surface area contributed by atoms with E-state index in [2.05, 4.69) is 22.8 Å². The van der Waals surface area contributed by atoms with Crippen molar-refractivity contribution in [2.24, 2.45) is 0 Å². The summed E-state index contributed by atoms with van der Waals surface area (Å²) in [5.41, 5.74) is 4.31. The van der Waals surface area contributed by atoms with Crippen molar-refractivity contribution in [1.82, 2.24) is 5.32 Å². The zero-order chi connectivity index (χ0) is 15.9. The van der Waals surface area contributed by atoms with Gasteiger partial charge in [0.2, 0.25) is 0 Å². The van der Waals surface area contributed by atoms with Crippen molar-refractivity contribution >= 4 is 28.8 Å². The molecule has 2 rings (SSSR count). The molecule has 0 spiro atoms. The van der Waals surface area contributed by atoms with E-state index in [1.165, 1.54) is 11.1 Å². The summed E-state index contributed by atoms with van der Waals surface area (Å²) >= 11 is 5.13. The summed E-state index contributed by atoms with van der Waals surface area (Å²) in [6.45, 7) is 4.70. The molecule has 1 amide bonds. The molecule has 0 aliphatic carbocycles. The maximum absolute atomic E-state index is 12.0. The lowest BCUT2D eigenvalue weighted by molar-refractivity contribution is -0.110. The molecule has 0 aliphatic heterocycles. The molecule has 0 aromatic heterocycles. The number of carbonyl (C=O) groups excluding carboxylic acids is 1. The lowest BCUT2D eigenvalue weighted by atomic mass is 10.1. The van der Waals surface area contributed by atoms with Crippen LogP contribution >= 0.6 is 12.2 Å². The van der Waals surface area contributed by atoms with Crippen molar-refractivity contribution in [3.05, 3.63) is 65.2 Å². The molecule has 114 valence electrons. The highest BCUT2D eigenvalue weighted by atomic mass is 32.1. The highest BCUT2D eigenvalue weighted by Crippen LogP contribution is 2.14. The first-order chi connectivity index (χ1) is 10.6. The van der Waals surface area contributed by atoms with E-state index in [9.17, 15) is 4.79 Å². The maximum Gasteiger partial charge on any atom is 0.283 e. The molecule has 4 heteroatoms. The average Bonchev–Trinajstić information content (AvgIpc) is 2.52. The number of anilines is 1. The molecule has 0 fully saturated rings. The Kier molecular flexibility index (Phi) is 5.67. The first-order valence-electron chi connectivity index (χ1n) is 7.26. The summed E-state index contributed by atoms with van der Waals surface area (Å²) in [5.74, 6) is -0.272. The van der Waals surface area contributed by atoms with Gasteiger partial charge in [0, 0.05) is 12.2 Å². The predicted octanol–water partition coefficient (Wildman–Crippen LogP) is 3.40. The minimum Gasteiger partial charge on any atom is -0.371 e. The first kappa shape index (κ1) is 16.2. The largest absolute Gasteiger partial charge is 0.371 e. The third-order valence-corrected chi connectivity index (χ3v) is 3.84. The van der Waals surface area contributed by atoms with Gasteiger partial charge in [-0.2, -0.15) is 0 Å². The zero-order valence-corrected chi connectivity index (χ0v) is 13.7. The minimum absolute atomic E-state index is 0.217. The number of carbonyl (C=O) groups is 1. The normalized spacial score (nSPS) is 10.1.